The van der Waals surface area contributed by atoms with E-state index in [9.17, 15) is 9.59 Å². The number of hydrogen-bond donors (Lipinski definition) is 2. The zero-order valence-electron chi connectivity index (χ0n) is 9.91. The predicted octanol–water partition coefficient (Wildman–Crippen LogP) is 1.13. The monoisotopic (exact) mass is 248 g/mol. The number of nitrogens with zero attached hydrogens (tertiary/aromatic N) is 3. The molecule has 0 bridgehead atoms. The smallest absolute Gasteiger partial charge is 0.356 e. The number of carbonyl (C=O) groups excluding carboxylic acids is 1. The fourth-order valence-electron chi connectivity index (χ4n) is 1.40. The van der Waals surface area contributed by atoms with E-state index in [0.29, 0.717) is 11.3 Å². The Hall–Kier alpha value is -2.57. The van der Waals surface area contributed by atoms with Crippen molar-refractivity contribution in [3.05, 3.63) is 30.2 Å². The van der Waals surface area contributed by atoms with Crippen LogP contribution in [0.5, 0.6) is 0 Å². The molecule has 7 nitrogen and oxygen atoms in total. The number of carbonyl (C=O) groups is 2. The van der Waals surface area contributed by atoms with Gasteiger partial charge >= 0.3 is 12.0 Å². The van der Waals surface area contributed by atoms with Gasteiger partial charge in [-0.1, -0.05) is 0 Å². The Labute approximate surface area is 103 Å². The van der Waals surface area contributed by atoms with Gasteiger partial charge in [0.25, 0.3) is 0 Å². The summed E-state index contributed by atoms with van der Waals surface area (Å²) in [5.41, 5.74) is 1.04. The highest BCUT2D eigenvalue weighted by Gasteiger charge is 2.09. The van der Waals surface area contributed by atoms with Gasteiger partial charge in [-0.15, -0.1) is 0 Å². The second-order valence-corrected chi connectivity index (χ2v) is 3.94. The Kier molecular flexibility index (Phi) is 2.88. The molecule has 0 saturated carbocycles. The van der Waals surface area contributed by atoms with Crippen LogP contribution in [0, 0.1) is 0 Å². The Morgan fingerprint density at radius 2 is 2.06 bits per heavy atom. The number of nitrogens with one attached hydrogen (secondary N) is 1. The molecule has 0 spiro atoms. The third kappa shape index (κ3) is 2.24. The number of urea groups is 1. The van der Waals surface area contributed by atoms with Crippen LogP contribution < -0.4 is 5.32 Å². The lowest BCUT2D eigenvalue weighted by Crippen LogP contribution is -2.27. The number of rotatable bonds is 2. The lowest BCUT2D eigenvalue weighted by Gasteiger charge is -2.11. The molecular formula is C11H12N4O3. The quantitative estimate of drug-likeness (QED) is 0.833. The zero-order chi connectivity index (χ0) is 13.3. The van der Waals surface area contributed by atoms with Gasteiger partial charge in [0.1, 0.15) is 5.65 Å². The predicted molar refractivity (Wildman–Crippen MR) is 64.9 cm³/mol. The zero-order valence-corrected chi connectivity index (χ0v) is 9.91. The first-order valence-corrected chi connectivity index (χ1v) is 5.18. The number of pyridine rings is 1. The van der Waals surface area contributed by atoms with E-state index in [2.05, 4.69) is 10.3 Å². The average molecular weight is 248 g/mol. The largest absolute Gasteiger partial charge is 0.476 e. The molecule has 0 aliphatic heterocycles. The van der Waals surface area contributed by atoms with E-state index in [1.807, 2.05) is 0 Å². The maximum Gasteiger partial charge on any atom is 0.356 e. The maximum absolute atomic E-state index is 11.5. The highest BCUT2D eigenvalue weighted by Crippen LogP contribution is 2.12. The van der Waals surface area contributed by atoms with Gasteiger partial charge in [0.05, 0.1) is 5.69 Å². The van der Waals surface area contributed by atoms with Crippen LogP contribution in [0.25, 0.3) is 5.65 Å². The first-order chi connectivity index (χ1) is 8.47. The summed E-state index contributed by atoms with van der Waals surface area (Å²) in [5, 5.41) is 11.5. The highest BCUT2D eigenvalue weighted by atomic mass is 16.4. The van der Waals surface area contributed by atoms with Gasteiger partial charge < -0.3 is 19.7 Å². The minimum absolute atomic E-state index is 0.0360. The molecule has 0 atom stereocenters. The van der Waals surface area contributed by atoms with Crippen LogP contribution in [-0.2, 0) is 0 Å². The van der Waals surface area contributed by atoms with E-state index in [4.69, 9.17) is 5.11 Å². The summed E-state index contributed by atoms with van der Waals surface area (Å²) >= 11 is 0. The lowest BCUT2D eigenvalue weighted by molar-refractivity contribution is 0.0691. The number of fused-ring (bicyclic) bond motifs is 1. The molecular weight excluding hydrogens is 236 g/mol. The molecule has 7 heteroatoms. The third-order valence-corrected chi connectivity index (χ3v) is 2.33. The highest BCUT2D eigenvalue weighted by molar-refractivity contribution is 5.89. The first kappa shape index (κ1) is 11.9. The van der Waals surface area contributed by atoms with Gasteiger partial charge in [-0.25, -0.2) is 14.6 Å². The SMILES string of the molecule is CN(C)C(=O)Nc1ccc2nc(C(=O)O)cn2c1. The average Bonchev–Trinajstić information content (AvgIpc) is 2.71. The molecule has 2 rings (SSSR count). The van der Waals surface area contributed by atoms with E-state index in [1.165, 1.54) is 11.1 Å². The second-order valence-electron chi connectivity index (χ2n) is 3.94. The van der Waals surface area contributed by atoms with Crippen LogP contribution in [0.3, 0.4) is 0 Å². The topological polar surface area (TPSA) is 86.9 Å². The van der Waals surface area contributed by atoms with Crippen LogP contribution in [-0.4, -0.2) is 45.5 Å². The van der Waals surface area contributed by atoms with Crippen molar-refractivity contribution in [1.29, 1.82) is 0 Å². The first-order valence-electron chi connectivity index (χ1n) is 5.18. The molecule has 2 heterocycles. The summed E-state index contributed by atoms with van der Waals surface area (Å²) in [7, 11) is 3.27. The fourth-order valence-corrected chi connectivity index (χ4v) is 1.40. The molecule has 94 valence electrons. The van der Waals surface area contributed by atoms with E-state index in [1.54, 1.807) is 36.8 Å². The van der Waals surface area contributed by atoms with Crippen LogP contribution in [0.1, 0.15) is 10.5 Å². The van der Waals surface area contributed by atoms with Crippen LogP contribution in [0.4, 0.5) is 10.5 Å². The second kappa shape index (κ2) is 4.36. The molecule has 0 aliphatic carbocycles. The molecule has 0 unspecified atom stereocenters. The minimum Gasteiger partial charge on any atom is -0.476 e. The van der Waals surface area contributed by atoms with Crippen LogP contribution in [0.2, 0.25) is 0 Å². The molecule has 2 amide bonds. The van der Waals surface area contributed by atoms with Crippen molar-refractivity contribution in [2.24, 2.45) is 0 Å². The number of carboxylic acid groups (broad SMARTS) is 1. The number of carboxylic acids is 1. The number of aromatic carboxylic acids is 1. The molecule has 2 N–H and O–H groups in total. The van der Waals surface area contributed by atoms with Crippen LogP contribution >= 0.6 is 0 Å². The summed E-state index contributed by atoms with van der Waals surface area (Å²) < 4.78 is 1.55. The van der Waals surface area contributed by atoms with Crippen molar-refractivity contribution in [2.75, 3.05) is 19.4 Å². The minimum atomic E-state index is -1.09. The number of hydrogen-bond acceptors (Lipinski definition) is 3. The molecule has 0 radical (unpaired) electrons. The van der Waals surface area contributed by atoms with E-state index in [-0.39, 0.29) is 11.7 Å². The van der Waals surface area contributed by atoms with Crippen molar-refractivity contribution in [1.82, 2.24) is 14.3 Å². The Morgan fingerprint density at radius 3 is 2.67 bits per heavy atom. The number of aromatic nitrogens is 2. The summed E-state index contributed by atoms with van der Waals surface area (Å²) in [6, 6.07) is 3.04. The van der Waals surface area contributed by atoms with Crippen molar-refractivity contribution in [2.45, 2.75) is 0 Å². The summed E-state index contributed by atoms with van der Waals surface area (Å²) in [5.74, 6) is -1.09. The van der Waals surface area contributed by atoms with Crippen molar-refractivity contribution < 1.29 is 14.7 Å². The maximum atomic E-state index is 11.5. The standard InChI is InChI=1S/C11H12N4O3/c1-14(2)11(18)12-7-3-4-9-13-8(10(16)17)6-15(9)5-7/h3-6H,1-2H3,(H,12,18)(H,16,17). The summed E-state index contributed by atoms with van der Waals surface area (Å²) in [6.07, 6.45) is 3.00. The fraction of sp³-hybridized carbons (Fsp3) is 0.182. The van der Waals surface area contributed by atoms with Crippen molar-refractivity contribution >= 4 is 23.3 Å². The van der Waals surface area contributed by atoms with E-state index < -0.39 is 5.97 Å². The Balaban J connectivity index is 2.32. The van der Waals surface area contributed by atoms with Gasteiger partial charge in [0, 0.05) is 26.5 Å². The van der Waals surface area contributed by atoms with Crippen molar-refractivity contribution in [3.63, 3.8) is 0 Å². The third-order valence-electron chi connectivity index (χ3n) is 2.33. The molecule has 0 aliphatic rings. The Morgan fingerprint density at radius 1 is 1.33 bits per heavy atom. The van der Waals surface area contributed by atoms with E-state index in [0.717, 1.165) is 0 Å². The number of anilines is 1. The lowest BCUT2D eigenvalue weighted by atomic mass is 10.4. The number of imidazole rings is 1. The molecule has 18 heavy (non-hydrogen) atoms. The van der Waals surface area contributed by atoms with E-state index >= 15 is 0 Å². The van der Waals surface area contributed by atoms with Crippen molar-refractivity contribution in [3.8, 4) is 0 Å². The van der Waals surface area contributed by atoms with Gasteiger partial charge in [-0.05, 0) is 12.1 Å². The molecule has 2 aromatic rings. The summed E-state index contributed by atoms with van der Waals surface area (Å²) in [4.78, 5) is 27.5. The van der Waals surface area contributed by atoms with Gasteiger partial charge in [-0.3, -0.25) is 0 Å². The van der Waals surface area contributed by atoms with Gasteiger partial charge in [0.15, 0.2) is 5.69 Å². The normalized spacial score (nSPS) is 10.3. The molecule has 2 aromatic heterocycles. The van der Waals surface area contributed by atoms with Crippen LogP contribution in [0.15, 0.2) is 24.5 Å². The molecule has 0 fully saturated rings. The summed E-state index contributed by atoms with van der Waals surface area (Å²) in [6.45, 7) is 0. The van der Waals surface area contributed by atoms with Gasteiger partial charge in [-0.2, -0.15) is 0 Å². The Bertz CT molecular complexity index is 618. The van der Waals surface area contributed by atoms with Gasteiger partial charge in [0.2, 0.25) is 0 Å². The molecule has 0 aromatic carbocycles. The number of amides is 2. The molecule has 0 saturated heterocycles.